The summed E-state index contributed by atoms with van der Waals surface area (Å²) in [6, 6.07) is 0.591. The fraction of sp³-hybridized carbons (Fsp3) is 0.727. The molecule has 1 atom stereocenters. The van der Waals surface area contributed by atoms with E-state index in [9.17, 15) is 0 Å². The number of imidazole rings is 1. The van der Waals surface area contributed by atoms with Crippen LogP contribution < -0.4 is 5.32 Å². The van der Waals surface area contributed by atoms with Gasteiger partial charge in [-0.2, -0.15) is 0 Å². The average Bonchev–Trinajstić information content (AvgIpc) is 2.89. The molecule has 0 aromatic carbocycles. The first kappa shape index (κ1) is 9.56. The summed E-state index contributed by atoms with van der Waals surface area (Å²) in [6.07, 6.45) is 7.20. The second-order valence-corrected chi connectivity index (χ2v) is 4.34. The van der Waals surface area contributed by atoms with Gasteiger partial charge in [-0.05, 0) is 25.7 Å². The van der Waals surface area contributed by atoms with Crippen LogP contribution >= 0.6 is 0 Å². The van der Waals surface area contributed by atoms with Crippen molar-refractivity contribution in [2.45, 2.75) is 45.6 Å². The lowest BCUT2D eigenvalue weighted by Crippen LogP contribution is -2.19. The Morgan fingerprint density at radius 2 is 2.43 bits per heavy atom. The van der Waals surface area contributed by atoms with Gasteiger partial charge in [0.1, 0.15) is 0 Å². The molecule has 1 unspecified atom stereocenters. The molecule has 14 heavy (non-hydrogen) atoms. The number of hydrogen-bond acceptors (Lipinski definition) is 2. The van der Waals surface area contributed by atoms with Crippen LogP contribution in [0.1, 0.15) is 38.3 Å². The first-order valence-electron chi connectivity index (χ1n) is 5.56. The Morgan fingerprint density at radius 1 is 1.64 bits per heavy atom. The molecule has 0 amide bonds. The molecule has 2 N–H and O–H groups in total. The minimum Gasteiger partial charge on any atom is -0.353 e. The predicted molar refractivity (Wildman–Crippen MR) is 58.4 cm³/mol. The highest BCUT2D eigenvalue weighted by molar-refractivity contribution is 5.27. The van der Waals surface area contributed by atoms with Crippen LogP contribution in [0.5, 0.6) is 0 Å². The van der Waals surface area contributed by atoms with E-state index in [1.165, 1.54) is 25.7 Å². The van der Waals surface area contributed by atoms with Gasteiger partial charge in [0.2, 0.25) is 5.95 Å². The monoisotopic (exact) mass is 193 g/mol. The van der Waals surface area contributed by atoms with Gasteiger partial charge in [-0.1, -0.05) is 19.8 Å². The summed E-state index contributed by atoms with van der Waals surface area (Å²) in [4.78, 5) is 7.48. The lowest BCUT2D eigenvalue weighted by Gasteiger charge is -2.15. The average molecular weight is 193 g/mol. The Morgan fingerprint density at radius 3 is 2.93 bits per heavy atom. The molecule has 3 heteroatoms. The van der Waals surface area contributed by atoms with Gasteiger partial charge >= 0.3 is 0 Å². The van der Waals surface area contributed by atoms with Gasteiger partial charge < -0.3 is 10.3 Å². The predicted octanol–water partition coefficient (Wildman–Crippen LogP) is 2.71. The van der Waals surface area contributed by atoms with Crippen molar-refractivity contribution in [1.29, 1.82) is 0 Å². The lowest BCUT2D eigenvalue weighted by atomic mass is 10.1. The summed E-state index contributed by atoms with van der Waals surface area (Å²) in [5, 5.41) is 3.45. The van der Waals surface area contributed by atoms with Crippen molar-refractivity contribution in [1.82, 2.24) is 9.97 Å². The number of H-pyrrole nitrogens is 1. The number of anilines is 1. The summed E-state index contributed by atoms with van der Waals surface area (Å²) < 4.78 is 0. The molecule has 3 nitrogen and oxygen atoms in total. The second-order valence-electron chi connectivity index (χ2n) is 4.34. The highest BCUT2D eigenvalue weighted by Crippen LogP contribution is 2.34. The highest BCUT2D eigenvalue weighted by Gasteiger charge is 2.24. The first-order valence-corrected chi connectivity index (χ1v) is 5.56. The molecule has 0 spiro atoms. The third-order valence-electron chi connectivity index (χ3n) is 2.85. The molecule has 1 aromatic heterocycles. The molecular weight excluding hydrogens is 174 g/mol. The van der Waals surface area contributed by atoms with E-state index in [0.717, 1.165) is 17.6 Å². The summed E-state index contributed by atoms with van der Waals surface area (Å²) in [5.74, 6) is 1.90. The zero-order valence-electron chi connectivity index (χ0n) is 9.01. The first-order chi connectivity index (χ1) is 6.78. The van der Waals surface area contributed by atoms with Gasteiger partial charge in [-0.15, -0.1) is 0 Å². The van der Waals surface area contributed by atoms with E-state index in [4.69, 9.17) is 0 Å². The Bertz CT molecular complexity index is 288. The van der Waals surface area contributed by atoms with Crippen molar-refractivity contribution in [2.24, 2.45) is 5.92 Å². The summed E-state index contributed by atoms with van der Waals surface area (Å²) in [6.45, 7) is 4.26. The third kappa shape index (κ3) is 2.50. The van der Waals surface area contributed by atoms with E-state index in [2.05, 4.69) is 22.2 Å². The van der Waals surface area contributed by atoms with Gasteiger partial charge in [0, 0.05) is 17.9 Å². The van der Waals surface area contributed by atoms with Gasteiger partial charge in [0.05, 0.1) is 0 Å². The number of aromatic amines is 1. The van der Waals surface area contributed by atoms with Crippen molar-refractivity contribution in [3.05, 3.63) is 11.9 Å². The summed E-state index contributed by atoms with van der Waals surface area (Å²) in [7, 11) is 0. The molecule has 2 rings (SSSR count). The van der Waals surface area contributed by atoms with Crippen LogP contribution in [0.4, 0.5) is 5.95 Å². The molecule has 1 saturated carbocycles. The fourth-order valence-electron chi connectivity index (χ4n) is 1.76. The fourth-order valence-corrected chi connectivity index (χ4v) is 1.76. The number of nitrogens with zero attached hydrogens (tertiary/aromatic N) is 1. The minimum atomic E-state index is 0.591. The van der Waals surface area contributed by atoms with Crippen LogP contribution in [0.2, 0.25) is 0 Å². The molecule has 0 saturated heterocycles. The molecule has 1 fully saturated rings. The summed E-state index contributed by atoms with van der Waals surface area (Å²) in [5.41, 5.74) is 1.12. The Balaban J connectivity index is 1.86. The quantitative estimate of drug-likeness (QED) is 0.755. The standard InChI is InChI=1S/C11H19N3/c1-3-10(6-9-4-5-9)14-11-12-7-8(2)13-11/h7,9-10H,3-6H2,1-2H3,(H2,12,13,14). The van der Waals surface area contributed by atoms with Crippen LogP contribution in [0, 0.1) is 12.8 Å². The van der Waals surface area contributed by atoms with Gasteiger partial charge in [-0.25, -0.2) is 4.98 Å². The maximum Gasteiger partial charge on any atom is 0.200 e. The zero-order valence-corrected chi connectivity index (χ0v) is 9.01. The van der Waals surface area contributed by atoms with Gasteiger partial charge in [-0.3, -0.25) is 0 Å². The Hall–Kier alpha value is -0.990. The minimum absolute atomic E-state index is 0.591. The second kappa shape index (κ2) is 4.03. The molecule has 1 heterocycles. The van der Waals surface area contributed by atoms with Crippen LogP contribution in [0.3, 0.4) is 0 Å². The molecule has 78 valence electrons. The SMILES string of the molecule is CCC(CC1CC1)Nc1ncc(C)[nH]1. The number of hydrogen-bond donors (Lipinski definition) is 2. The van der Waals surface area contributed by atoms with Gasteiger partial charge in [0.25, 0.3) is 0 Å². The highest BCUT2D eigenvalue weighted by atomic mass is 15.1. The van der Waals surface area contributed by atoms with E-state index >= 15 is 0 Å². The molecule has 1 aliphatic rings. The van der Waals surface area contributed by atoms with Crippen molar-refractivity contribution < 1.29 is 0 Å². The van der Waals surface area contributed by atoms with Crippen LogP contribution in [0.25, 0.3) is 0 Å². The number of rotatable bonds is 5. The van der Waals surface area contributed by atoms with Crippen molar-refractivity contribution >= 4 is 5.95 Å². The number of aryl methyl sites for hydroxylation is 1. The molecule has 1 aromatic rings. The summed E-state index contributed by atoms with van der Waals surface area (Å²) >= 11 is 0. The van der Waals surface area contributed by atoms with E-state index in [-0.39, 0.29) is 0 Å². The topological polar surface area (TPSA) is 40.7 Å². The van der Waals surface area contributed by atoms with Gasteiger partial charge in [0.15, 0.2) is 0 Å². The molecule has 0 radical (unpaired) electrons. The number of nitrogens with one attached hydrogen (secondary N) is 2. The van der Waals surface area contributed by atoms with E-state index < -0.39 is 0 Å². The van der Waals surface area contributed by atoms with E-state index in [0.29, 0.717) is 6.04 Å². The van der Waals surface area contributed by atoms with E-state index in [1.807, 2.05) is 13.1 Å². The lowest BCUT2D eigenvalue weighted by molar-refractivity contribution is 0.583. The Labute approximate surface area is 85.3 Å². The van der Waals surface area contributed by atoms with Crippen molar-refractivity contribution in [3.63, 3.8) is 0 Å². The van der Waals surface area contributed by atoms with Crippen molar-refractivity contribution in [3.8, 4) is 0 Å². The third-order valence-corrected chi connectivity index (χ3v) is 2.85. The Kier molecular flexibility index (Phi) is 2.75. The normalized spacial score (nSPS) is 18.1. The molecule has 1 aliphatic carbocycles. The largest absolute Gasteiger partial charge is 0.353 e. The maximum atomic E-state index is 4.26. The zero-order chi connectivity index (χ0) is 9.97. The van der Waals surface area contributed by atoms with Crippen molar-refractivity contribution in [2.75, 3.05) is 5.32 Å². The maximum absolute atomic E-state index is 4.26. The molecule has 0 bridgehead atoms. The molecule has 0 aliphatic heterocycles. The molecular formula is C11H19N3. The number of aromatic nitrogens is 2. The van der Waals surface area contributed by atoms with Crippen LogP contribution in [-0.2, 0) is 0 Å². The van der Waals surface area contributed by atoms with Crippen LogP contribution in [-0.4, -0.2) is 16.0 Å². The smallest absolute Gasteiger partial charge is 0.200 e. The van der Waals surface area contributed by atoms with Crippen LogP contribution in [0.15, 0.2) is 6.20 Å². The van der Waals surface area contributed by atoms with E-state index in [1.54, 1.807) is 0 Å².